The van der Waals surface area contributed by atoms with Crippen LogP contribution in [-0.4, -0.2) is 60.6 Å². The molecule has 1 aliphatic heterocycles. The van der Waals surface area contributed by atoms with Crippen LogP contribution < -0.4 is 10.6 Å². The van der Waals surface area contributed by atoms with E-state index in [9.17, 15) is 14.4 Å². The molecule has 1 aromatic rings. The number of carbonyl (C=O) groups excluding carboxylic acids is 3. The van der Waals surface area contributed by atoms with Gasteiger partial charge in [0, 0.05) is 32.0 Å². The van der Waals surface area contributed by atoms with E-state index >= 15 is 0 Å². The van der Waals surface area contributed by atoms with E-state index in [1.54, 1.807) is 11.0 Å². The maximum atomic E-state index is 12.9. The minimum Gasteiger partial charge on any atom is -0.453 e. The molecule has 1 fully saturated rings. The summed E-state index contributed by atoms with van der Waals surface area (Å²) in [4.78, 5) is 42.4. The summed E-state index contributed by atoms with van der Waals surface area (Å²) >= 11 is 6.00. The number of alkyl carbamates (subject to hydrolysis) is 1. The Balaban J connectivity index is 1.93. The van der Waals surface area contributed by atoms with Gasteiger partial charge in [-0.25, -0.2) is 4.79 Å². The van der Waals surface area contributed by atoms with Crippen LogP contribution in [0.15, 0.2) is 18.5 Å². The first-order chi connectivity index (χ1) is 13.3. The number of halogens is 1. The van der Waals surface area contributed by atoms with Crippen molar-refractivity contribution in [2.75, 3.05) is 26.7 Å². The van der Waals surface area contributed by atoms with Gasteiger partial charge >= 0.3 is 6.09 Å². The maximum Gasteiger partial charge on any atom is 0.407 e. The van der Waals surface area contributed by atoms with Crippen LogP contribution in [0.2, 0.25) is 5.02 Å². The van der Waals surface area contributed by atoms with Gasteiger partial charge in [-0.3, -0.25) is 14.6 Å². The topological polar surface area (TPSA) is 101 Å². The fourth-order valence-electron chi connectivity index (χ4n) is 3.22. The van der Waals surface area contributed by atoms with E-state index in [1.165, 1.54) is 19.5 Å². The molecule has 0 radical (unpaired) electrons. The largest absolute Gasteiger partial charge is 0.453 e. The van der Waals surface area contributed by atoms with Gasteiger partial charge in [0.05, 0.1) is 17.7 Å². The molecule has 0 aromatic carbocycles. The van der Waals surface area contributed by atoms with Crippen molar-refractivity contribution in [2.24, 2.45) is 11.8 Å². The van der Waals surface area contributed by atoms with E-state index in [2.05, 4.69) is 20.4 Å². The molecule has 2 N–H and O–H groups in total. The van der Waals surface area contributed by atoms with Crippen LogP contribution in [0.3, 0.4) is 0 Å². The molecule has 2 unspecified atom stereocenters. The van der Waals surface area contributed by atoms with E-state index < -0.39 is 12.1 Å². The van der Waals surface area contributed by atoms with E-state index in [0.717, 1.165) is 12.8 Å². The average molecular weight is 411 g/mol. The molecule has 1 aliphatic rings. The van der Waals surface area contributed by atoms with Crippen molar-refractivity contribution in [3.63, 3.8) is 0 Å². The number of pyridine rings is 1. The predicted octanol–water partition coefficient (Wildman–Crippen LogP) is 2.08. The minimum absolute atomic E-state index is 0.0690. The Labute approximate surface area is 170 Å². The highest BCUT2D eigenvalue weighted by atomic mass is 35.5. The molecular formula is C19H27ClN4O4. The van der Waals surface area contributed by atoms with Gasteiger partial charge in [-0.1, -0.05) is 25.4 Å². The summed E-state index contributed by atoms with van der Waals surface area (Å²) in [5.74, 6) is -0.328. The normalized spacial score (nSPS) is 17.8. The molecule has 2 atom stereocenters. The fraction of sp³-hybridized carbons (Fsp3) is 0.579. The number of nitrogens with one attached hydrogen (secondary N) is 2. The lowest BCUT2D eigenvalue weighted by atomic mass is 9.95. The molecule has 0 aliphatic carbocycles. The summed E-state index contributed by atoms with van der Waals surface area (Å²) < 4.78 is 4.62. The summed E-state index contributed by atoms with van der Waals surface area (Å²) in [7, 11) is 1.27. The Hall–Kier alpha value is -2.35. The van der Waals surface area contributed by atoms with Gasteiger partial charge in [0.25, 0.3) is 5.91 Å². The Kier molecular flexibility index (Phi) is 8.04. The molecular weight excluding hydrogens is 384 g/mol. The van der Waals surface area contributed by atoms with Crippen LogP contribution in [0, 0.1) is 11.8 Å². The van der Waals surface area contributed by atoms with Crippen molar-refractivity contribution >= 4 is 29.5 Å². The number of piperidine rings is 1. The lowest BCUT2D eigenvalue weighted by Gasteiger charge is -2.36. The van der Waals surface area contributed by atoms with Gasteiger partial charge in [0.15, 0.2) is 0 Å². The summed E-state index contributed by atoms with van der Waals surface area (Å²) in [6.45, 7) is 5.34. The smallest absolute Gasteiger partial charge is 0.407 e. The quantitative estimate of drug-likeness (QED) is 0.747. The third kappa shape index (κ3) is 5.82. The summed E-state index contributed by atoms with van der Waals surface area (Å²) in [5.41, 5.74) is 0.377. The molecule has 9 heteroatoms. The first-order valence-corrected chi connectivity index (χ1v) is 9.72. The van der Waals surface area contributed by atoms with E-state index in [-0.39, 0.29) is 23.7 Å². The number of rotatable bonds is 6. The molecule has 1 aromatic heterocycles. The zero-order valence-corrected chi connectivity index (χ0v) is 17.2. The molecule has 2 rings (SSSR count). The molecule has 28 heavy (non-hydrogen) atoms. The van der Waals surface area contributed by atoms with Crippen LogP contribution in [0.25, 0.3) is 0 Å². The Bertz CT molecular complexity index is 713. The summed E-state index contributed by atoms with van der Waals surface area (Å²) in [6.07, 6.45) is 4.07. The molecule has 0 bridgehead atoms. The number of ether oxygens (including phenoxy) is 1. The van der Waals surface area contributed by atoms with Crippen molar-refractivity contribution in [2.45, 2.75) is 32.7 Å². The Morgan fingerprint density at radius 3 is 2.79 bits per heavy atom. The summed E-state index contributed by atoms with van der Waals surface area (Å²) in [6, 6.07) is 0.927. The number of nitrogens with zero attached hydrogens (tertiary/aromatic N) is 2. The standard InChI is InChI=1S/C19H27ClN4O4/c1-12(2)16(23-19(27)28-3)18(26)24-8-4-5-13(11-24)9-22-17(25)14-6-7-21-10-15(14)20/h6-7,10,12-13,16H,4-5,8-9,11H2,1-3H3,(H,22,25)(H,23,27). The second kappa shape index (κ2) is 10.3. The molecule has 0 saturated carbocycles. The number of amides is 3. The van der Waals surface area contributed by atoms with Gasteiger partial charge in [-0.2, -0.15) is 0 Å². The first-order valence-electron chi connectivity index (χ1n) is 9.34. The van der Waals surface area contributed by atoms with Crippen molar-refractivity contribution in [1.82, 2.24) is 20.5 Å². The van der Waals surface area contributed by atoms with Crippen molar-refractivity contribution in [3.05, 3.63) is 29.0 Å². The molecule has 3 amide bonds. The van der Waals surface area contributed by atoms with Gasteiger partial charge in [-0.05, 0) is 30.7 Å². The van der Waals surface area contributed by atoms with Crippen molar-refractivity contribution in [3.8, 4) is 0 Å². The second-order valence-electron chi connectivity index (χ2n) is 7.22. The van der Waals surface area contributed by atoms with Crippen LogP contribution in [0.4, 0.5) is 4.79 Å². The number of likely N-dealkylation sites (tertiary alicyclic amines) is 1. The zero-order chi connectivity index (χ0) is 20.7. The fourth-order valence-corrected chi connectivity index (χ4v) is 3.42. The van der Waals surface area contributed by atoms with Gasteiger partial charge < -0.3 is 20.3 Å². The molecule has 8 nitrogen and oxygen atoms in total. The molecule has 0 spiro atoms. The molecule has 2 heterocycles. The number of methoxy groups -OCH3 is 1. The van der Waals surface area contributed by atoms with Crippen LogP contribution in [0.1, 0.15) is 37.0 Å². The van der Waals surface area contributed by atoms with Gasteiger partial charge in [0.1, 0.15) is 6.04 Å². The number of hydrogen-bond donors (Lipinski definition) is 2. The predicted molar refractivity (Wildman–Crippen MR) is 105 cm³/mol. The lowest BCUT2D eigenvalue weighted by Crippen LogP contribution is -2.54. The van der Waals surface area contributed by atoms with Crippen LogP contribution in [0.5, 0.6) is 0 Å². The monoisotopic (exact) mass is 410 g/mol. The van der Waals surface area contributed by atoms with Crippen LogP contribution in [-0.2, 0) is 9.53 Å². The Morgan fingerprint density at radius 2 is 2.14 bits per heavy atom. The average Bonchev–Trinajstić information content (AvgIpc) is 2.69. The van der Waals surface area contributed by atoms with Gasteiger partial charge in [0.2, 0.25) is 5.91 Å². The summed E-state index contributed by atoms with van der Waals surface area (Å²) in [5, 5.41) is 5.80. The van der Waals surface area contributed by atoms with Crippen molar-refractivity contribution in [1.29, 1.82) is 0 Å². The Morgan fingerprint density at radius 1 is 1.39 bits per heavy atom. The van der Waals surface area contributed by atoms with Crippen LogP contribution >= 0.6 is 11.6 Å². The first kappa shape index (κ1) is 21.9. The zero-order valence-electron chi connectivity index (χ0n) is 16.4. The van der Waals surface area contributed by atoms with Gasteiger partial charge in [-0.15, -0.1) is 0 Å². The number of hydrogen-bond acceptors (Lipinski definition) is 5. The SMILES string of the molecule is COC(=O)NC(C(=O)N1CCCC(CNC(=O)c2ccncc2Cl)C1)C(C)C. The highest BCUT2D eigenvalue weighted by Gasteiger charge is 2.32. The third-order valence-electron chi connectivity index (χ3n) is 4.79. The third-order valence-corrected chi connectivity index (χ3v) is 5.09. The highest BCUT2D eigenvalue weighted by Crippen LogP contribution is 2.19. The molecule has 154 valence electrons. The number of carbonyl (C=O) groups is 3. The van der Waals surface area contributed by atoms with Crippen molar-refractivity contribution < 1.29 is 19.1 Å². The highest BCUT2D eigenvalue weighted by molar-refractivity contribution is 6.33. The number of aromatic nitrogens is 1. The minimum atomic E-state index is -0.642. The van der Waals surface area contributed by atoms with E-state index in [0.29, 0.717) is 30.2 Å². The molecule has 1 saturated heterocycles. The van der Waals surface area contributed by atoms with E-state index in [4.69, 9.17) is 11.6 Å². The maximum absolute atomic E-state index is 12.9. The van der Waals surface area contributed by atoms with E-state index in [1.807, 2.05) is 13.8 Å². The lowest BCUT2D eigenvalue weighted by molar-refractivity contribution is -0.136. The second-order valence-corrected chi connectivity index (χ2v) is 7.62.